The topological polar surface area (TPSA) is 58.9 Å². The van der Waals surface area contributed by atoms with Crippen molar-refractivity contribution in [1.29, 1.82) is 0 Å². The lowest BCUT2D eigenvalue weighted by Crippen LogP contribution is -2.14. The predicted octanol–water partition coefficient (Wildman–Crippen LogP) is 4.71. The number of hydrogen-bond acceptors (Lipinski definition) is 5. The molecule has 0 saturated heterocycles. The molecule has 0 spiro atoms. The van der Waals surface area contributed by atoms with E-state index in [0.29, 0.717) is 10.8 Å². The van der Waals surface area contributed by atoms with Crippen molar-refractivity contribution in [3.8, 4) is 5.69 Å². The predicted molar refractivity (Wildman–Crippen MR) is 118 cm³/mol. The highest BCUT2D eigenvalue weighted by Crippen LogP contribution is 2.29. The molecule has 29 heavy (non-hydrogen) atoms. The maximum Gasteiger partial charge on any atom is 0.168 e. The number of rotatable bonds is 7. The fourth-order valence-electron chi connectivity index (χ4n) is 3.16. The van der Waals surface area contributed by atoms with E-state index in [0.717, 1.165) is 47.6 Å². The summed E-state index contributed by atoms with van der Waals surface area (Å²) < 4.78 is 1.85. The molecule has 2 heterocycles. The van der Waals surface area contributed by atoms with Gasteiger partial charge in [0.05, 0.1) is 28.0 Å². The molecule has 2 aromatic carbocycles. The first-order valence-electron chi connectivity index (χ1n) is 9.58. The number of aromatic nitrogens is 4. The fourth-order valence-corrected chi connectivity index (χ4v) is 3.34. The van der Waals surface area contributed by atoms with Gasteiger partial charge in [-0.25, -0.2) is 14.6 Å². The first-order valence-corrected chi connectivity index (χ1v) is 9.96. The van der Waals surface area contributed by atoms with Crippen LogP contribution in [0, 0.1) is 0 Å². The minimum absolute atomic E-state index is 0.642. The molecule has 4 rings (SSSR count). The molecule has 0 amide bonds. The van der Waals surface area contributed by atoms with E-state index in [1.165, 1.54) is 0 Å². The quantitative estimate of drug-likeness (QED) is 0.481. The molecule has 0 atom stereocenters. The van der Waals surface area contributed by atoms with Gasteiger partial charge in [0, 0.05) is 6.42 Å². The van der Waals surface area contributed by atoms with Gasteiger partial charge in [0.15, 0.2) is 5.65 Å². The minimum atomic E-state index is 0.642. The maximum absolute atomic E-state index is 6.35. The summed E-state index contributed by atoms with van der Waals surface area (Å²) in [4.78, 5) is 11.8. The Bertz CT molecular complexity index is 1110. The van der Waals surface area contributed by atoms with Gasteiger partial charge in [-0.2, -0.15) is 5.10 Å². The van der Waals surface area contributed by atoms with Gasteiger partial charge < -0.3 is 10.2 Å². The smallest absolute Gasteiger partial charge is 0.168 e. The molecule has 7 heteroatoms. The molecule has 2 aromatic heterocycles. The van der Waals surface area contributed by atoms with Gasteiger partial charge >= 0.3 is 0 Å². The molecule has 1 N–H and O–H groups in total. The molecular formula is C22H23ClN6. The maximum atomic E-state index is 6.35. The van der Waals surface area contributed by atoms with Crippen molar-refractivity contribution in [1.82, 2.24) is 24.6 Å². The third-order valence-electron chi connectivity index (χ3n) is 4.61. The van der Waals surface area contributed by atoms with Crippen molar-refractivity contribution in [2.24, 2.45) is 0 Å². The highest BCUT2D eigenvalue weighted by atomic mass is 35.5. The third-order valence-corrected chi connectivity index (χ3v) is 4.94. The van der Waals surface area contributed by atoms with Crippen LogP contribution in [-0.4, -0.2) is 45.3 Å². The van der Waals surface area contributed by atoms with Gasteiger partial charge in [-0.1, -0.05) is 41.9 Å². The molecule has 0 aliphatic carbocycles. The number of benzene rings is 2. The minimum Gasteiger partial charge on any atom is -0.338 e. The van der Waals surface area contributed by atoms with Crippen molar-refractivity contribution < 1.29 is 0 Å². The average molecular weight is 407 g/mol. The molecule has 0 aliphatic heterocycles. The van der Waals surface area contributed by atoms with Crippen LogP contribution in [0.2, 0.25) is 5.02 Å². The molecule has 0 aliphatic rings. The lowest BCUT2D eigenvalue weighted by atomic mass is 10.2. The lowest BCUT2D eigenvalue weighted by molar-refractivity contribution is 0.398. The van der Waals surface area contributed by atoms with E-state index in [1.807, 2.05) is 59.3 Å². The zero-order valence-corrected chi connectivity index (χ0v) is 17.3. The second-order valence-corrected chi connectivity index (χ2v) is 7.54. The average Bonchev–Trinajstić information content (AvgIpc) is 3.14. The van der Waals surface area contributed by atoms with E-state index in [2.05, 4.69) is 29.4 Å². The first kappa shape index (κ1) is 19.4. The van der Waals surface area contributed by atoms with Crippen molar-refractivity contribution in [2.75, 3.05) is 26.0 Å². The first-order chi connectivity index (χ1) is 14.1. The monoisotopic (exact) mass is 406 g/mol. The summed E-state index contributed by atoms with van der Waals surface area (Å²) >= 11 is 6.35. The highest BCUT2D eigenvalue weighted by molar-refractivity contribution is 6.33. The van der Waals surface area contributed by atoms with E-state index in [-0.39, 0.29) is 0 Å². The van der Waals surface area contributed by atoms with Crippen LogP contribution in [0.1, 0.15) is 12.2 Å². The van der Waals surface area contributed by atoms with Crippen LogP contribution in [0.4, 0.5) is 11.5 Å². The van der Waals surface area contributed by atoms with E-state index in [9.17, 15) is 0 Å². The molecule has 0 saturated carbocycles. The van der Waals surface area contributed by atoms with Crippen LogP contribution >= 0.6 is 11.6 Å². The van der Waals surface area contributed by atoms with E-state index < -0.39 is 0 Å². The summed E-state index contributed by atoms with van der Waals surface area (Å²) in [7, 11) is 4.14. The van der Waals surface area contributed by atoms with Crippen LogP contribution in [0.5, 0.6) is 0 Å². The molecule has 0 unspecified atom stereocenters. The molecule has 148 valence electrons. The number of aryl methyl sites for hydroxylation is 1. The zero-order chi connectivity index (χ0) is 20.2. The van der Waals surface area contributed by atoms with Crippen molar-refractivity contribution in [3.63, 3.8) is 0 Å². The summed E-state index contributed by atoms with van der Waals surface area (Å²) in [5.74, 6) is 1.50. The fraction of sp³-hybridized carbons (Fsp3) is 0.227. The van der Waals surface area contributed by atoms with Gasteiger partial charge in [0.1, 0.15) is 11.6 Å². The summed E-state index contributed by atoms with van der Waals surface area (Å²) in [5, 5.41) is 9.44. The Morgan fingerprint density at radius 1 is 1.00 bits per heavy atom. The van der Waals surface area contributed by atoms with E-state index >= 15 is 0 Å². The van der Waals surface area contributed by atoms with Crippen LogP contribution in [0.15, 0.2) is 60.8 Å². The molecule has 0 radical (unpaired) electrons. The summed E-state index contributed by atoms with van der Waals surface area (Å²) in [6.07, 6.45) is 3.56. The number of halogens is 1. The van der Waals surface area contributed by atoms with Crippen LogP contribution < -0.4 is 5.32 Å². The van der Waals surface area contributed by atoms with Gasteiger partial charge in [0.25, 0.3) is 0 Å². The van der Waals surface area contributed by atoms with Crippen molar-refractivity contribution >= 4 is 34.1 Å². The Morgan fingerprint density at radius 3 is 2.52 bits per heavy atom. The highest BCUT2D eigenvalue weighted by Gasteiger charge is 2.15. The Morgan fingerprint density at radius 2 is 1.76 bits per heavy atom. The Labute approximate surface area is 175 Å². The number of hydrogen-bond donors (Lipinski definition) is 1. The molecule has 6 nitrogen and oxygen atoms in total. The molecule has 0 fully saturated rings. The number of nitrogens with zero attached hydrogens (tertiary/aromatic N) is 5. The Hall–Kier alpha value is -2.96. The van der Waals surface area contributed by atoms with Crippen molar-refractivity contribution in [3.05, 3.63) is 71.6 Å². The van der Waals surface area contributed by atoms with Gasteiger partial charge in [-0.15, -0.1) is 0 Å². The van der Waals surface area contributed by atoms with Gasteiger partial charge in [-0.3, -0.25) is 0 Å². The lowest BCUT2D eigenvalue weighted by Gasteiger charge is -2.12. The second-order valence-electron chi connectivity index (χ2n) is 7.13. The Balaban J connectivity index is 1.78. The standard InChI is InChI=1S/C22H23ClN6/c1-28(2)14-8-13-20-26-21(25-19-12-7-6-11-18(19)23)17-15-24-29(22(17)27-20)16-9-4-3-5-10-16/h3-7,9-12,15H,8,13-14H2,1-2H3,(H,25,26,27). The largest absolute Gasteiger partial charge is 0.338 e. The third kappa shape index (κ3) is 4.39. The number of anilines is 2. The molecular weight excluding hydrogens is 384 g/mol. The number of fused-ring (bicyclic) bond motifs is 1. The van der Waals surface area contributed by atoms with Crippen LogP contribution in [0.3, 0.4) is 0 Å². The summed E-state index contributed by atoms with van der Waals surface area (Å²) in [5.41, 5.74) is 2.55. The second kappa shape index (κ2) is 8.59. The van der Waals surface area contributed by atoms with E-state index in [1.54, 1.807) is 6.20 Å². The zero-order valence-electron chi connectivity index (χ0n) is 16.5. The molecule has 4 aromatic rings. The number of para-hydroxylation sites is 2. The Kier molecular flexibility index (Phi) is 5.74. The van der Waals surface area contributed by atoms with Gasteiger partial charge in [-0.05, 0) is 51.3 Å². The van der Waals surface area contributed by atoms with E-state index in [4.69, 9.17) is 21.6 Å². The SMILES string of the molecule is CN(C)CCCc1nc(Nc2ccccc2Cl)c2cnn(-c3ccccc3)c2n1. The summed E-state index contributed by atoms with van der Waals surface area (Å²) in [6.45, 7) is 0.979. The summed E-state index contributed by atoms with van der Waals surface area (Å²) in [6, 6.07) is 17.6. The molecule has 0 bridgehead atoms. The van der Waals surface area contributed by atoms with Crippen molar-refractivity contribution in [2.45, 2.75) is 12.8 Å². The van der Waals surface area contributed by atoms with Crippen LogP contribution in [0.25, 0.3) is 16.7 Å². The number of nitrogens with one attached hydrogen (secondary N) is 1. The van der Waals surface area contributed by atoms with Gasteiger partial charge in [0.2, 0.25) is 0 Å². The normalized spacial score (nSPS) is 11.3. The van der Waals surface area contributed by atoms with Crippen LogP contribution in [-0.2, 0) is 6.42 Å².